The molecule has 1 aromatic rings. The molecule has 0 amide bonds. The first-order chi connectivity index (χ1) is 8.45. The van der Waals surface area contributed by atoms with Crippen molar-refractivity contribution in [2.75, 3.05) is 18.4 Å². The highest BCUT2D eigenvalue weighted by Gasteiger charge is 2.31. The van der Waals surface area contributed by atoms with Gasteiger partial charge in [-0.05, 0) is 37.6 Å². The molecule has 1 fully saturated rings. The molecule has 6 heteroatoms. The zero-order valence-corrected chi connectivity index (χ0v) is 11.2. The fraction of sp³-hybridized carbons (Fsp3) is 0.500. The maximum absolute atomic E-state index is 12.7. The van der Waals surface area contributed by atoms with Crippen molar-refractivity contribution >= 4 is 21.6 Å². The van der Waals surface area contributed by atoms with Crippen LogP contribution in [-0.2, 0) is 6.18 Å². The number of benzene rings is 1. The molecule has 2 rings (SSSR count). The molecule has 18 heavy (non-hydrogen) atoms. The molecule has 0 bridgehead atoms. The average molecular weight is 323 g/mol. The fourth-order valence-electron chi connectivity index (χ4n) is 2.05. The summed E-state index contributed by atoms with van der Waals surface area (Å²) in [6, 6.07) is 4.10. The number of halogens is 4. The molecular formula is C12H14BrF3N2. The van der Waals surface area contributed by atoms with Crippen LogP contribution in [0.4, 0.5) is 18.9 Å². The van der Waals surface area contributed by atoms with Crippen LogP contribution in [0.2, 0.25) is 0 Å². The summed E-state index contributed by atoms with van der Waals surface area (Å²) < 4.78 is 38.4. The standard InChI is InChI=1S/C12H14BrF3N2/c13-9-4-8(12(14,15)16)5-11(6-9)18-10-2-1-3-17-7-10/h4-6,10,17-18H,1-3,7H2. The molecule has 1 saturated heterocycles. The van der Waals surface area contributed by atoms with Gasteiger partial charge in [0.15, 0.2) is 0 Å². The number of hydrogen-bond acceptors (Lipinski definition) is 2. The molecule has 1 heterocycles. The molecule has 0 aromatic heterocycles. The van der Waals surface area contributed by atoms with Crippen molar-refractivity contribution < 1.29 is 13.2 Å². The minimum absolute atomic E-state index is 0.189. The Balaban J connectivity index is 2.14. The van der Waals surface area contributed by atoms with Crippen LogP contribution in [0.3, 0.4) is 0 Å². The molecule has 2 nitrogen and oxygen atoms in total. The van der Waals surface area contributed by atoms with Gasteiger partial charge >= 0.3 is 6.18 Å². The van der Waals surface area contributed by atoms with Crippen molar-refractivity contribution in [1.82, 2.24) is 5.32 Å². The van der Waals surface area contributed by atoms with E-state index in [0.29, 0.717) is 10.2 Å². The van der Waals surface area contributed by atoms with E-state index in [1.54, 1.807) is 6.07 Å². The first-order valence-electron chi connectivity index (χ1n) is 5.80. The van der Waals surface area contributed by atoms with Crippen molar-refractivity contribution in [2.45, 2.75) is 25.1 Å². The highest BCUT2D eigenvalue weighted by molar-refractivity contribution is 9.10. The zero-order chi connectivity index (χ0) is 13.2. The molecule has 0 saturated carbocycles. The van der Waals surface area contributed by atoms with E-state index in [1.165, 1.54) is 0 Å². The average Bonchev–Trinajstić information content (AvgIpc) is 2.28. The number of nitrogens with one attached hydrogen (secondary N) is 2. The van der Waals surface area contributed by atoms with Crippen LogP contribution in [0.5, 0.6) is 0 Å². The van der Waals surface area contributed by atoms with Crippen LogP contribution in [0.1, 0.15) is 18.4 Å². The van der Waals surface area contributed by atoms with Crippen molar-refractivity contribution in [1.29, 1.82) is 0 Å². The van der Waals surface area contributed by atoms with Crippen LogP contribution in [0.25, 0.3) is 0 Å². The van der Waals surface area contributed by atoms with Crippen molar-refractivity contribution in [2.24, 2.45) is 0 Å². The van der Waals surface area contributed by atoms with E-state index in [1.807, 2.05) is 0 Å². The van der Waals surface area contributed by atoms with Crippen molar-refractivity contribution in [3.05, 3.63) is 28.2 Å². The Kier molecular flexibility index (Phi) is 4.17. The summed E-state index contributed by atoms with van der Waals surface area (Å²) in [5.41, 5.74) is -0.131. The third-order valence-corrected chi connectivity index (χ3v) is 3.35. The van der Waals surface area contributed by atoms with Gasteiger partial charge in [0.05, 0.1) is 5.56 Å². The topological polar surface area (TPSA) is 24.1 Å². The monoisotopic (exact) mass is 322 g/mol. The Labute approximate surface area is 112 Å². The molecular weight excluding hydrogens is 309 g/mol. The molecule has 0 aliphatic carbocycles. The predicted molar refractivity (Wildman–Crippen MR) is 68.7 cm³/mol. The SMILES string of the molecule is FC(F)(F)c1cc(Br)cc(NC2CCCNC2)c1. The van der Waals surface area contributed by atoms with Crippen LogP contribution in [0, 0.1) is 0 Å². The van der Waals surface area contributed by atoms with Gasteiger partial charge in [0, 0.05) is 22.7 Å². The molecule has 0 spiro atoms. The van der Waals surface area contributed by atoms with Gasteiger partial charge in [-0.25, -0.2) is 0 Å². The minimum atomic E-state index is -4.31. The first-order valence-corrected chi connectivity index (χ1v) is 6.59. The van der Waals surface area contributed by atoms with E-state index < -0.39 is 11.7 Å². The lowest BCUT2D eigenvalue weighted by Gasteiger charge is -2.25. The van der Waals surface area contributed by atoms with Crippen LogP contribution in [0.15, 0.2) is 22.7 Å². The summed E-state index contributed by atoms with van der Waals surface area (Å²) in [7, 11) is 0. The van der Waals surface area contributed by atoms with E-state index in [9.17, 15) is 13.2 Å². The maximum Gasteiger partial charge on any atom is 0.416 e. The first kappa shape index (κ1) is 13.7. The lowest BCUT2D eigenvalue weighted by Crippen LogP contribution is -2.38. The van der Waals surface area contributed by atoms with Crippen molar-refractivity contribution in [3.8, 4) is 0 Å². The summed E-state index contributed by atoms with van der Waals surface area (Å²) in [6.45, 7) is 1.76. The summed E-state index contributed by atoms with van der Waals surface area (Å²) >= 11 is 3.11. The highest BCUT2D eigenvalue weighted by atomic mass is 79.9. The predicted octanol–water partition coefficient (Wildman–Crippen LogP) is 3.63. The van der Waals surface area contributed by atoms with Crippen LogP contribution in [-0.4, -0.2) is 19.1 Å². The number of rotatable bonds is 2. The number of anilines is 1. The fourth-order valence-corrected chi connectivity index (χ4v) is 2.54. The summed E-state index contributed by atoms with van der Waals surface area (Å²) in [6.07, 6.45) is -2.30. The second kappa shape index (κ2) is 5.48. The summed E-state index contributed by atoms with van der Waals surface area (Å²) in [5, 5.41) is 6.36. The highest BCUT2D eigenvalue weighted by Crippen LogP contribution is 2.33. The lowest BCUT2D eigenvalue weighted by molar-refractivity contribution is -0.137. The molecule has 1 atom stereocenters. The third kappa shape index (κ3) is 3.62. The van der Waals surface area contributed by atoms with Gasteiger partial charge in [-0.15, -0.1) is 0 Å². The summed E-state index contributed by atoms with van der Waals surface area (Å²) in [5.74, 6) is 0. The quantitative estimate of drug-likeness (QED) is 0.868. The Morgan fingerprint density at radius 3 is 2.67 bits per heavy atom. The molecule has 1 aromatic carbocycles. The Bertz CT molecular complexity index is 414. The summed E-state index contributed by atoms with van der Waals surface area (Å²) in [4.78, 5) is 0. The Hall–Kier alpha value is -0.750. The maximum atomic E-state index is 12.7. The molecule has 1 aliphatic rings. The normalized spacial score (nSPS) is 20.8. The van der Waals surface area contributed by atoms with Crippen molar-refractivity contribution in [3.63, 3.8) is 0 Å². The van der Waals surface area contributed by atoms with Gasteiger partial charge in [-0.3, -0.25) is 0 Å². The second-order valence-corrected chi connectivity index (χ2v) is 5.33. The van der Waals surface area contributed by atoms with E-state index in [2.05, 4.69) is 26.6 Å². The van der Waals surface area contributed by atoms with E-state index in [-0.39, 0.29) is 6.04 Å². The Morgan fingerprint density at radius 1 is 1.28 bits per heavy atom. The second-order valence-electron chi connectivity index (χ2n) is 4.41. The number of hydrogen-bond donors (Lipinski definition) is 2. The third-order valence-electron chi connectivity index (χ3n) is 2.89. The number of alkyl halides is 3. The van der Waals surface area contributed by atoms with E-state index >= 15 is 0 Å². The van der Waals surface area contributed by atoms with Gasteiger partial charge in [-0.2, -0.15) is 13.2 Å². The molecule has 0 radical (unpaired) electrons. The lowest BCUT2D eigenvalue weighted by atomic mass is 10.1. The van der Waals surface area contributed by atoms with Crippen LogP contribution >= 0.6 is 15.9 Å². The largest absolute Gasteiger partial charge is 0.416 e. The van der Waals surface area contributed by atoms with Gasteiger partial charge in [0.25, 0.3) is 0 Å². The van der Waals surface area contributed by atoms with Crippen LogP contribution < -0.4 is 10.6 Å². The van der Waals surface area contributed by atoms with E-state index in [0.717, 1.165) is 38.1 Å². The molecule has 100 valence electrons. The Morgan fingerprint density at radius 2 is 2.06 bits per heavy atom. The zero-order valence-electron chi connectivity index (χ0n) is 9.65. The minimum Gasteiger partial charge on any atom is -0.381 e. The van der Waals surface area contributed by atoms with Gasteiger partial charge < -0.3 is 10.6 Å². The molecule has 1 aliphatic heterocycles. The van der Waals surface area contributed by atoms with Gasteiger partial charge in [0.1, 0.15) is 0 Å². The van der Waals surface area contributed by atoms with Gasteiger partial charge in [-0.1, -0.05) is 15.9 Å². The van der Waals surface area contributed by atoms with E-state index in [4.69, 9.17) is 0 Å². The number of piperidine rings is 1. The molecule has 2 N–H and O–H groups in total. The smallest absolute Gasteiger partial charge is 0.381 e. The molecule has 1 unspecified atom stereocenters. The van der Waals surface area contributed by atoms with Gasteiger partial charge in [0.2, 0.25) is 0 Å².